The van der Waals surface area contributed by atoms with Crippen LogP contribution in [0, 0.1) is 20.8 Å². The van der Waals surface area contributed by atoms with Crippen LogP contribution < -0.4 is 14.8 Å². The summed E-state index contributed by atoms with van der Waals surface area (Å²) in [6.45, 7) is 10.4. The molecule has 0 atom stereocenters. The van der Waals surface area contributed by atoms with Crippen molar-refractivity contribution in [3.05, 3.63) is 83.1 Å². The van der Waals surface area contributed by atoms with Gasteiger partial charge in [-0.15, -0.1) is 0 Å². The van der Waals surface area contributed by atoms with E-state index in [0.717, 1.165) is 67.1 Å². The summed E-state index contributed by atoms with van der Waals surface area (Å²) in [6.07, 6.45) is 3.38. The van der Waals surface area contributed by atoms with E-state index in [1.807, 2.05) is 77.1 Å². The van der Waals surface area contributed by atoms with Gasteiger partial charge in [-0.2, -0.15) is 0 Å². The molecule has 1 heterocycles. The molecule has 180 valence electrons. The van der Waals surface area contributed by atoms with E-state index in [9.17, 15) is 4.79 Å². The van der Waals surface area contributed by atoms with Gasteiger partial charge in [0, 0.05) is 33.8 Å². The third-order valence-corrected chi connectivity index (χ3v) is 5.97. The number of hydrogen-bond donors (Lipinski definition) is 1. The number of nitrogens with one attached hydrogen (secondary N) is 1. The van der Waals surface area contributed by atoms with E-state index < -0.39 is 0 Å². The van der Waals surface area contributed by atoms with Gasteiger partial charge in [-0.3, -0.25) is 4.79 Å². The zero-order valence-corrected chi connectivity index (χ0v) is 21.1. The van der Waals surface area contributed by atoms with Gasteiger partial charge in [-0.1, -0.05) is 18.2 Å². The molecule has 0 bridgehead atoms. The molecule has 1 amide bonds. The number of furan rings is 1. The number of amides is 1. The summed E-state index contributed by atoms with van der Waals surface area (Å²) in [7, 11) is 1.65. The van der Waals surface area contributed by atoms with Crippen LogP contribution in [-0.4, -0.2) is 19.6 Å². The molecule has 0 saturated heterocycles. The average molecular weight is 470 g/mol. The Morgan fingerprint density at radius 2 is 1.80 bits per heavy atom. The van der Waals surface area contributed by atoms with Gasteiger partial charge in [0.2, 0.25) is 5.91 Å². The number of aryl methyl sites for hydroxylation is 3. The number of anilines is 1. The van der Waals surface area contributed by atoms with Gasteiger partial charge in [0.1, 0.15) is 17.1 Å². The van der Waals surface area contributed by atoms with Crippen molar-refractivity contribution in [3.8, 4) is 22.6 Å². The van der Waals surface area contributed by atoms with Crippen LogP contribution in [-0.2, 0) is 4.79 Å². The van der Waals surface area contributed by atoms with Gasteiger partial charge in [0.15, 0.2) is 0 Å². The van der Waals surface area contributed by atoms with Crippen LogP contribution in [0.5, 0.6) is 11.5 Å². The largest absolute Gasteiger partial charge is 0.497 e. The van der Waals surface area contributed by atoms with Crippen LogP contribution in [0.2, 0.25) is 0 Å². The molecule has 3 aromatic carbocycles. The summed E-state index contributed by atoms with van der Waals surface area (Å²) in [5.74, 6) is 1.31. The Labute approximate surface area is 206 Å². The summed E-state index contributed by atoms with van der Waals surface area (Å²) >= 11 is 0. The van der Waals surface area contributed by atoms with Gasteiger partial charge in [0.25, 0.3) is 0 Å². The van der Waals surface area contributed by atoms with Gasteiger partial charge < -0.3 is 19.2 Å². The van der Waals surface area contributed by atoms with Crippen LogP contribution >= 0.6 is 0 Å². The predicted octanol–water partition coefficient (Wildman–Crippen LogP) is 7.47. The summed E-state index contributed by atoms with van der Waals surface area (Å²) < 4.78 is 17.4. The highest BCUT2D eigenvalue weighted by molar-refractivity contribution is 6.06. The number of carbonyl (C=O) groups is 1. The predicted molar refractivity (Wildman–Crippen MR) is 142 cm³/mol. The van der Waals surface area contributed by atoms with E-state index in [-0.39, 0.29) is 5.91 Å². The minimum Gasteiger partial charge on any atom is -0.497 e. The molecule has 4 rings (SSSR count). The quantitative estimate of drug-likeness (QED) is 0.285. The normalized spacial score (nSPS) is 11.5. The van der Waals surface area contributed by atoms with Crippen molar-refractivity contribution in [3.63, 3.8) is 0 Å². The number of methoxy groups -OCH3 is 1. The lowest BCUT2D eigenvalue weighted by molar-refractivity contribution is -0.111. The molecule has 4 aromatic rings. The summed E-state index contributed by atoms with van der Waals surface area (Å²) in [5, 5.41) is 3.94. The Morgan fingerprint density at radius 3 is 2.49 bits per heavy atom. The van der Waals surface area contributed by atoms with Gasteiger partial charge in [-0.05, 0) is 87.2 Å². The van der Waals surface area contributed by atoms with Crippen molar-refractivity contribution in [1.82, 2.24) is 0 Å². The number of hydrogen-bond acceptors (Lipinski definition) is 4. The lowest BCUT2D eigenvalue weighted by atomic mass is 9.96. The van der Waals surface area contributed by atoms with E-state index >= 15 is 0 Å². The molecule has 1 aromatic heterocycles. The van der Waals surface area contributed by atoms with Crippen LogP contribution in [0.1, 0.15) is 36.1 Å². The fourth-order valence-electron chi connectivity index (χ4n) is 4.45. The SMILES string of the molecule is CCOc1c(/C(C)=C/C(=O)Nc2cc(C)cc(C)c2)cc2c(-c3cccc(OC)c3)coc2c1C. The van der Waals surface area contributed by atoms with Crippen LogP contribution in [0.3, 0.4) is 0 Å². The Hall–Kier alpha value is -3.99. The number of ether oxygens (including phenoxy) is 2. The highest BCUT2D eigenvalue weighted by atomic mass is 16.5. The third kappa shape index (κ3) is 5.09. The van der Waals surface area contributed by atoms with Crippen molar-refractivity contribution in [2.24, 2.45) is 0 Å². The second kappa shape index (κ2) is 10.1. The van der Waals surface area contributed by atoms with Crippen molar-refractivity contribution in [2.45, 2.75) is 34.6 Å². The zero-order chi connectivity index (χ0) is 25.1. The molecule has 1 N–H and O–H groups in total. The standard InChI is InChI=1S/C30H31NO4/c1-7-34-29-21(5)30-26(27(17-35-30)22-9-8-10-24(15-22)33-6)16-25(29)20(4)14-28(32)31-23-12-18(2)11-19(3)13-23/h8-17H,7H2,1-6H3,(H,31,32)/b20-14+. The minimum atomic E-state index is -0.187. The lowest BCUT2D eigenvalue weighted by Gasteiger charge is -2.15. The van der Waals surface area contributed by atoms with E-state index in [1.54, 1.807) is 19.4 Å². The number of carbonyl (C=O) groups excluding carboxylic acids is 1. The molecule has 0 unspecified atom stereocenters. The van der Waals surface area contributed by atoms with Crippen LogP contribution in [0.25, 0.3) is 27.7 Å². The number of allylic oxidation sites excluding steroid dienone is 1. The number of benzene rings is 3. The summed E-state index contributed by atoms with van der Waals surface area (Å²) in [4.78, 5) is 12.9. The highest BCUT2D eigenvalue weighted by Crippen LogP contribution is 2.41. The Morgan fingerprint density at radius 1 is 1.06 bits per heavy atom. The first-order valence-corrected chi connectivity index (χ1v) is 11.7. The molecule has 5 nitrogen and oxygen atoms in total. The molecule has 0 aliphatic carbocycles. The Bertz CT molecular complexity index is 1410. The first kappa shape index (κ1) is 24.1. The van der Waals surface area contributed by atoms with E-state index in [4.69, 9.17) is 13.9 Å². The van der Waals surface area contributed by atoms with Crippen LogP contribution in [0.15, 0.2) is 65.3 Å². The molecule has 0 radical (unpaired) electrons. The Kier molecular flexibility index (Phi) is 6.97. The van der Waals surface area contributed by atoms with Gasteiger partial charge >= 0.3 is 0 Å². The van der Waals surface area contributed by atoms with E-state index in [1.165, 1.54) is 0 Å². The van der Waals surface area contributed by atoms with Gasteiger partial charge in [-0.25, -0.2) is 0 Å². The molecular weight excluding hydrogens is 438 g/mol. The second-order valence-corrected chi connectivity index (χ2v) is 8.76. The van der Waals surface area contributed by atoms with E-state index in [2.05, 4.69) is 11.4 Å². The molecule has 0 fully saturated rings. The maximum absolute atomic E-state index is 12.9. The van der Waals surface area contributed by atoms with Gasteiger partial charge in [0.05, 0.1) is 20.0 Å². The van der Waals surface area contributed by atoms with Crippen molar-refractivity contribution >= 4 is 28.1 Å². The fraction of sp³-hybridized carbons (Fsp3) is 0.233. The molecule has 0 aliphatic rings. The third-order valence-electron chi connectivity index (χ3n) is 5.97. The van der Waals surface area contributed by atoms with Crippen molar-refractivity contribution < 1.29 is 18.7 Å². The molecular formula is C30H31NO4. The first-order chi connectivity index (χ1) is 16.8. The lowest BCUT2D eigenvalue weighted by Crippen LogP contribution is -2.09. The maximum Gasteiger partial charge on any atom is 0.248 e. The minimum absolute atomic E-state index is 0.187. The monoisotopic (exact) mass is 469 g/mol. The highest BCUT2D eigenvalue weighted by Gasteiger charge is 2.19. The van der Waals surface area contributed by atoms with Crippen molar-refractivity contribution in [1.29, 1.82) is 0 Å². The number of fused-ring (bicyclic) bond motifs is 1. The smallest absolute Gasteiger partial charge is 0.248 e. The summed E-state index contributed by atoms with van der Waals surface area (Å²) in [6, 6.07) is 15.9. The molecule has 35 heavy (non-hydrogen) atoms. The first-order valence-electron chi connectivity index (χ1n) is 11.7. The van der Waals surface area contributed by atoms with E-state index in [0.29, 0.717) is 6.61 Å². The van der Waals surface area contributed by atoms with Crippen LogP contribution in [0.4, 0.5) is 5.69 Å². The number of rotatable bonds is 7. The molecule has 0 spiro atoms. The topological polar surface area (TPSA) is 60.7 Å². The molecule has 0 saturated carbocycles. The second-order valence-electron chi connectivity index (χ2n) is 8.76. The maximum atomic E-state index is 12.9. The molecule has 0 aliphatic heterocycles. The summed E-state index contributed by atoms with van der Waals surface area (Å²) in [5.41, 5.74) is 8.26. The Balaban J connectivity index is 1.78. The van der Waals surface area contributed by atoms with Crippen molar-refractivity contribution in [2.75, 3.05) is 19.0 Å². The zero-order valence-electron chi connectivity index (χ0n) is 21.1. The average Bonchev–Trinajstić information content (AvgIpc) is 3.24. The fourth-order valence-corrected chi connectivity index (χ4v) is 4.45. The molecule has 5 heteroatoms.